The number of amides is 4. The Hall–Kier alpha value is -3.62. The van der Waals surface area contributed by atoms with Crippen LogP contribution in [0.4, 0.5) is 4.79 Å². The van der Waals surface area contributed by atoms with Crippen molar-refractivity contribution >= 4 is 17.8 Å². The summed E-state index contributed by atoms with van der Waals surface area (Å²) < 4.78 is 10.8. The first-order valence-electron chi connectivity index (χ1n) is 11.3. The van der Waals surface area contributed by atoms with Crippen LogP contribution in [0.3, 0.4) is 0 Å². The van der Waals surface area contributed by atoms with Gasteiger partial charge in [0, 0.05) is 30.5 Å². The number of carbonyl (C=O) groups is 3. The summed E-state index contributed by atoms with van der Waals surface area (Å²) in [5, 5.41) is 2.92. The Balaban J connectivity index is 1.46. The molecule has 9 heteroatoms. The standard InChI is InChI=1S/C25H30N4O5/c1-16-19(8-6-12-26-16)22(30)28-13-10-18(11-14-28)25(2)23(31)29(24(32)27-25)15-17-7-5-9-20(33-3)21(17)34-4/h5-9,12,18H,10-11,13-15H2,1-4H3,(H,27,32)/t25-/m0/s1. The number of aryl methyl sites for hydroxylation is 1. The molecule has 3 heterocycles. The van der Waals surface area contributed by atoms with Crippen LogP contribution in [-0.2, 0) is 11.3 Å². The van der Waals surface area contributed by atoms with E-state index in [1.807, 2.05) is 13.0 Å². The number of nitrogens with zero attached hydrogens (tertiary/aromatic N) is 3. The molecule has 4 rings (SSSR count). The third-order valence-electron chi connectivity index (χ3n) is 6.95. The monoisotopic (exact) mass is 466 g/mol. The van der Waals surface area contributed by atoms with Crippen molar-refractivity contribution in [2.45, 2.75) is 38.8 Å². The predicted octanol–water partition coefficient (Wildman–Crippen LogP) is 2.77. The highest BCUT2D eigenvalue weighted by Crippen LogP contribution is 2.36. The molecule has 0 spiro atoms. The van der Waals surface area contributed by atoms with E-state index in [9.17, 15) is 14.4 Å². The van der Waals surface area contributed by atoms with Crippen LogP contribution in [0.15, 0.2) is 36.5 Å². The number of methoxy groups -OCH3 is 2. The fourth-order valence-corrected chi connectivity index (χ4v) is 4.93. The van der Waals surface area contributed by atoms with Crippen LogP contribution in [0, 0.1) is 12.8 Å². The van der Waals surface area contributed by atoms with Crippen LogP contribution in [0.2, 0.25) is 0 Å². The average Bonchev–Trinajstić information content (AvgIpc) is 3.07. The summed E-state index contributed by atoms with van der Waals surface area (Å²) in [6, 6.07) is 8.48. The van der Waals surface area contributed by atoms with Crippen LogP contribution in [-0.4, -0.2) is 65.5 Å². The largest absolute Gasteiger partial charge is 0.493 e. The smallest absolute Gasteiger partial charge is 0.325 e. The van der Waals surface area contributed by atoms with Crippen LogP contribution in [0.1, 0.15) is 41.4 Å². The molecule has 9 nitrogen and oxygen atoms in total. The number of rotatable bonds is 6. The van der Waals surface area contributed by atoms with Crippen molar-refractivity contribution in [3.8, 4) is 11.5 Å². The van der Waals surface area contributed by atoms with E-state index < -0.39 is 11.6 Å². The number of ether oxygens (including phenoxy) is 2. The van der Waals surface area contributed by atoms with Crippen molar-refractivity contribution in [1.82, 2.24) is 20.1 Å². The molecule has 2 aromatic rings. The van der Waals surface area contributed by atoms with Crippen molar-refractivity contribution in [3.05, 3.63) is 53.3 Å². The normalized spacial score (nSPS) is 20.9. The third-order valence-corrected chi connectivity index (χ3v) is 6.95. The molecule has 0 radical (unpaired) electrons. The number of imide groups is 1. The topological polar surface area (TPSA) is 101 Å². The van der Waals surface area contributed by atoms with E-state index in [1.165, 1.54) is 12.0 Å². The fraction of sp³-hybridized carbons (Fsp3) is 0.440. The van der Waals surface area contributed by atoms with Crippen LogP contribution < -0.4 is 14.8 Å². The van der Waals surface area contributed by atoms with Gasteiger partial charge in [-0.2, -0.15) is 0 Å². The van der Waals surface area contributed by atoms with Gasteiger partial charge in [0.05, 0.1) is 26.3 Å². The number of para-hydroxylation sites is 1. The molecule has 0 saturated carbocycles. The molecule has 1 aromatic carbocycles. The highest BCUT2D eigenvalue weighted by atomic mass is 16.5. The lowest BCUT2D eigenvalue weighted by atomic mass is 9.78. The molecule has 1 atom stereocenters. The first-order valence-corrected chi connectivity index (χ1v) is 11.3. The van der Waals surface area contributed by atoms with Gasteiger partial charge in [-0.25, -0.2) is 4.79 Å². The number of nitrogens with one attached hydrogen (secondary N) is 1. The number of likely N-dealkylation sites (tertiary alicyclic amines) is 1. The van der Waals surface area contributed by atoms with Crippen LogP contribution in [0.25, 0.3) is 0 Å². The number of hydrogen-bond acceptors (Lipinski definition) is 6. The van der Waals surface area contributed by atoms with Gasteiger partial charge in [0.2, 0.25) is 0 Å². The number of aromatic nitrogens is 1. The molecule has 2 aliphatic heterocycles. The molecule has 2 saturated heterocycles. The van der Waals surface area contributed by atoms with Crippen molar-refractivity contribution in [3.63, 3.8) is 0 Å². The van der Waals surface area contributed by atoms with E-state index in [2.05, 4.69) is 10.3 Å². The number of piperidine rings is 1. The summed E-state index contributed by atoms with van der Waals surface area (Å²) in [7, 11) is 3.07. The Morgan fingerprint density at radius 1 is 1.15 bits per heavy atom. The van der Waals surface area contributed by atoms with E-state index in [0.29, 0.717) is 54.3 Å². The fourth-order valence-electron chi connectivity index (χ4n) is 4.93. The third kappa shape index (κ3) is 4.06. The van der Waals surface area contributed by atoms with Crippen molar-refractivity contribution < 1.29 is 23.9 Å². The molecule has 180 valence electrons. The number of urea groups is 1. The summed E-state index contributed by atoms with van der Waals surface area (Å²) in [5.74, 6) is 0.630. The molecule has 0 unspecified atom stereocenters. The zero-order valence-electron chi connectivity index (χ0n) is 20.0. The number of hydrogen-bond donors (Lipinski definition) is 1. The molecule has 0 bridgehead atoms. The molecule has 34 heavy (non-hydrogen) atoms. The van der Waals surface area contributed by atoms with Gasteiger partial charge in [-0.05, 0) is 50.8 Å². The zero-order chi connectivity index (χ0) is 24.5. The summed E-state index contributed by atoms with van der Waals surface area (Å²) >= 11 is 0. The molecule has 4 amide bonds. The molecule has 2 aliphatic rings. The SMILES string of the molecule is COc1cccc(CN2C(=O)N[C@@](C)(C3CCN(C(=O)c4cccnc4C)CC3)C2=O)c1OC. The molecule has 0 aliphatic carbocycles. The molecular formula is C25H30N4O5. The first kappa shape index (κ1) is 23.5. The lowest BCUT2D eigenvalue weighted by molar-refractivity contribution is -0.133. The average molecular weight is 467 g/mol. The summed E-state index contributed by atoms with van der Waals surface area (Å²) in [6.45, 7) is 4.71. The Morgan fingerprint density at radius 3 is 2.53 bits per heavy atom. The molecular weight excluding hydrogens is 436 g/mol. The number of pyridine rings is 1. The lowest BCUT2D eigenvalue weighted by Crippen LogP contribution is -2.54. The summed E-state index contributed by atoms with van der Waals surface area (Å²) in [4.78, 5) is 46.5. The Morgan fingerprint density at radius 2 is 1.88 bits per heavy atom. The van der Waals surface area contributed by atoms with E-state index in [-0.39, 0.29) is 24.3 Å². The molecule has 1 N–H and O–H groups in total. The van der Waals surface area contributed by atoms with Gasteiger partial charge in [0.1, 0.15) is 5.54 Å². The maximum Gasteiger partial charge on any atom is 0.325 e. The molecule has 1 aromatic heterocycles. The minimum absolute atomic E-state index is 0.0530. The second-order valence-electron chi connectivity index (χ2n) is 8.88. The van der Waals surface area contributed by atoms with Gasteiger partial charge in [0.15, 0.2) is 11.5 Å². The minimum atomic E-state index is -1.03. The van der Waals surface area contributed by atoms with Gasteiger partial charge in [-0.1, -0.05) is 12.1 Å². The Kier molecular flexibility index (Phi) is 6.45. The van der Waals surface area contributed by atoms with E-state index in [4.69, 9.17) is 9.47 Å². The minimum Gasteiger partial charge on any atom is -0.493 e. The van der Waals surface area contributed by atoms with Crippen LogP contribution >= 0.6 is 0 Å². The maximum atomic E-state index is 13.5. The van der Waals surface area contributed by atoms with E-state index in [1.54, 1.807) is 49.4 Å². The second-order valence-corrected chi connectivity index (χ2v) is 8.88. The summed E-state index contributed by atoms with van der Waals surface area (Å²) in [6.07, 6.45) is 2.90. The van der Waals surface area contributed by atoms with Crippen LogP contribution in [0.5, 0.6) is 11.5 Å². The first-order chi connectivity index (χ1) is 16.3. The van der Waals surface area contributed by atoms with Gasteiger partial charge < -0.3 is 19.7 Å². The van der Waals surface area contributed by atoms with Gasteiger partial charge >= 0.3 is 6.03 Å². The highest BCUT2D eigenvalue weighted by Gasteiger charge is 2.53. The zero-order valence-corrected chi connectivity index (χ0v) is 20.0. The van der Waals surface area contributed by atoms with Gasteiger partial charge in [-0.15, -0.1) is 0 Å². The molecule has 2 fully saturated rings. The number of benzene rings is 1. The maximum absolute atomic E-state index is 13.5. The van der Waals surface area contributed by atoms with E-state index >= 15 is 0 Å². The van der Waals surface area contributed by atoms with Crippen molar-refractivity contribution in [2.75, 3.05) is 27.3 Å². The Bertz CT molecular complexity index is 1110. The van der Waals surface area contributed by atoms with E-state index in [0.717, 1.165) is 0 Å². The van der Waals surface area contributed by atoms with Gasteiger partial charge in [-0.3, -0.25) is 19.5 Å². The summed E-state index contributed by atoms with van der Waals surface area (Å²) in [5.41, 5.74) is 0.948. The quantitative estimate of drug-likeness (QED) is 0.657. The second kappa shape index (κ2) is 9.32. The van der Waals surface area contributed by atoms with Gasteiger partial charge in [0.25, 0.3) is 11.8 Å². The number of carbonyl (C=O) groups excluding carboxylic acids is 3. The predicted molar refractivity (Wildman–Crippen MR) is 125 cm³/mol. The Labute approximate surface area is 199 Å². The highest BCUT2D eigenvalue weighted by molar-refractivity contribution is 6.07. The lowest BCUT2D eigenvalue weighted by Gasteiger charge is -2.39. The van der Waals surface area contributed by atoms with Crippen molar-refractivity contribution in [2.24, 2.45) is 5.92 Å². The van der Waals surface area contributed by atoms with Crippen molar-refractivity contribution in [1.29, 1.82) is 0 Å².